The fourth-order valence-electron chi connectivity index (χ4n) is 3.00. The Bertz CT molecular complexity index is 971. The number of nitrogens with zero attached hydrogens (tertiary/aromatic N) is 3. The molecule has 1 fully saturated rings. The highest BCUT2D eigenvalue weighted by molar-refractivity contribution is 7.90. The maximum absolute atomic E-state index is 12.1. The highest BCUT2D eigenvalue weighted by Crippen LogP contribution is 2.21. The van der Waals surface area contributed by atoms with Crippen LogP contribution in [0, 0.1) is 0 Å². The number of rotatable bonds is 5. The van der Waals surface area contributed by atoms with E-state index in [1.54, 1.807) is 17.0 Å². The summed E-state index contributed by atoms with van der Waals surface area (Å²) in [6.07, 6.45) is 2.25. The number of benzene rings is 1. The summed E-state index contributed by atoms with van der Waals surface area (Å²) >= 11 is 0. The molecule has 1 amide bonds. The van der Waals surface area contributed by atoms with Crippen molar-refractivity contribution in [2.24, 2.45) is 0 Å². The zero-order valence-corrected chi connectivity index (χ0v) is 18.4. The molecule has 1 aliphatic heterocycles. The highest BCUT2D eigenvalue weighted by Gasteiger charge is 2.27. The molecule has 1 aromatic carbocycles. The molecule has 30 heavy (non-hydrogen) atoms. The van der Waals surface area contributed by atoms with Crippen molar-refractivity contribution in [3.8, 4) is 11.4 Å². The van der Waals surface area contributed by atoms with Crippen molar-refractivity contribution in [2.75, 3.05) is 19.3 Å². The van der Waals surface area contributed by atoms with E-state index in [2.05, 4.69) is 10.1 Å². The zero-order valence-electron chi connectivity index (χ0n) is 17.6. The van der Waals surface area contributed by atoms with Gasteiger partial charge in [-0.3, -0.25) is 0 Å². The third-order valence-corrected chi connectivity index (χ3v) is 5.67. The van der Waals surface area contributed by atoms with Crippen LogP contribution in [-0.4, -0.2) is 60.6 Å². The number of piperidine rings is 1. The number of carbonyl (C=O) groups excluding carboxylic acids is 1. The second kappa shape index (κ2) is 8.73. The first kappa shape index (κ1) is 22.2. The van der Waals surface area contributed by atoms with Gasteiger partial charge in [-0.15, -0.1) is 0 Å². The first-order valence-electron chi connectivity index (χ1n) is 9.74. The number of hydrogen-bond donors (Lipinski definition) is 0. The van der Waals surface area contributed by atoms with Gasteiger partial charge in [0.1, 0.15) is 12.2 Å². The second-order valence-electron chi connectivity index (χ2n) is 8.29. The van der Waals surface area contributed by atoms with Crippen LogP contribution in [0.3, 0.4) is 0 Å². The molecule has 0 bridgehead atoms. The van der Waals surface area contributed by atoms with Crippen LogP contribution in [0.2, 0.25) is 0 Å². The van der Waals surface area contributed by atoms with E-state index in [1.165, 1.54) is 12.1 Å². The van der Waals surface area contributed by atoms with E-state index in [0.29, 0.717) is 43.2 Å². The van der Waals surface area contributed by atoms with Crippen molar-refractivity contribution in [3.05, 3.63) is 30.2 Å². The Morgan fingerprint density at radius 1 is 1.20 bits per heavy atom. The normalized spacial score (nSPS) is 15.9. The minimum Gasteiger partial charge on any atom is -0.444 e. The lowest BCUT2D eigenvalue weighted by molar-refractivity contribution is -0.0231. The lowest BCUT2D eigenvalue weighted by Gasteiger charge is -2.33. The first-order valence-corrected chi connectivity index (χ1v) is 11.6. The smallest absolute Gasteiger partial charge is 0.410 e. The maximum atomic E-state index is 12.1. The molecule has 2 aromatic rings. The van der Waals surface area contributed by atoms with Crippen molar-refractivity contribution in [1.29, 1.82) is 0 Å². The minimum atomic E-state index is -3.25. The Labute approximate surface area is 176 Å². The molecule has 1 saturated heterocycles. The van der Waals surface area contributed by atoms with Gasteiger partial charge in [-0.2, -0.15) is 4.98 Å². The van der Waals surface area contributed by atoms with Gasteiger partial charge in [0.2, 0.25) is 5.82 Å². The molecule has 0 N–H and O–H groups in total. The van der Waals surface area contributed by atoms with Crippen molar-refractivity contribution >= 4 is 15.9 Å². The summed E-state index contributed by atoms with van der Waals surface area (Å²) in [4.78, 5) is 18.3. The topological polar surface area (TPSA) is 112 Å². The van der Waals surface area contributed by atoms with Gasteiger partial charge in [0.15, 0.2) is 9.84 Å². The third-order valence-electron chi connectivity index (χ3n) is 4.54. The van der Waals surface area contributed by atoms with Crippen LogP contribution in [0.4, 0.5) is 4.79 Å². The van der Waals surface area contributed by atoms with Gasteiger partial charge in [-0.1, -0.05) is 5.16 Å². The molecule has 3 rings (SSSR count). The third kappa shape index (κ3) is 6.02. The monoisotopic (exact) mass is 437 g/mol. The van der Waals surface area contributed by atoms with Crippen molar-refractivity contribution in [3.63, 3.8) is 0 Å². The predicted octanol–water partition coefficient (Wildman–Crippen LogP) is 3.06. The molecule has 0 radical (unpaired) electrons. The van der Waals surface area contributed by atoms with Crippen LogP contribution in [-0.2, 0) is 25.9 Å². The van der Waals surface area contributed by atoms with Crippen LogP contribution in [0.5, 0.6) is 0 Å². The van der Waals surface area contributed by atoms with E-state index in [1.807, 2.05) is 20.8 Å². The molecule has 10 heteroatoms. The summed E-state index contributed by atoms with van der Waals surface area (Å²) in [5.74, 6) is 0.708. The summed E-state index contributed by atoms with van der Waals surface area (Å²) in [5.41, 5.74) is 0.147. The van der Waals surface area contributed by atoms with Crippen LogP contribution < -0.4 is 0 Å². The number of likely N-dealkylation sites (tertiary alicyclic amines) is 1. The zero-order chi connectivity index (χ0) is 21.9. The molecule has 1 aliphatic rings. The van der Waals surface area contributed by atoms with Crippen LogP contribution in [0.15, 0.2) is 33.7 Å². The Hall–Kier alpha value is -2.46. The van der Waals surface area contributed by atoms with E-state index < -0.39 is 15.4 Å². The fourth-order valence-corrected chi connectivity index (χ4v) is 3.63. The van der Waals surface area contributed by atoms with Crippen molar-refractivity contribution in [2.45, 2.75) is 56.8 Å². The molecular weight excluding hydrogens is 410 g/mol. The Morgan fingerprint density at radius 3 is 2.40 bits per heavy atom. The van der Waals surface area contributed by atoms with E-state index in [0.717, 1.165) is 6.26 Å². The summed E-state index contributed by atoms with van der Waals surface area (Å²) in [6.45, 7) is 6.85. The number of amides is 1. The van der Waals surface area contributed by atoms with Crippen LogP contribution in [0.25, 0.3) is 11.4 Å². The largest absolute Gasteiger partial charge is 0.444 e. The Kier molecular flexibility index (Phi) is 6.47. The van der Waals surface area contributed by atoms with E-state index in [4.69, 9.17) is 14.0 Å². The first-order chi connectivity index (χ1) is 14.0. The number of hydrogen-bond acceptors (Lipinski definition) is 8. The van der Waals surface area contributed by atoms with Gasteiger partial charge in [0.25, 0.3) is 5.89 Å². The number of sulfone groups is 1. The average Bonchev–Trinajstić information content (AvgIpc) is 3.14. The molecule has 9 nitrogen and oxygen atoms in total. The van der Waals surface area contributed by atoms with E-state index >= 15 is 0 Å². The van der Waals surface area contributed by atoms with Crippen LogP contribution >= 0.6 is 0 Å². The highest BCUT2D eigenvalue weighted by atomic mass is 32.2. The molecule has 0 saturated carbocycles. The van der Waals surface area contributed by atoms with Crippen molar-refractivity contribution in [1.82, 2.24) is 15.0 Å². The van der Waals surface area contributed by atoms with E-state index in [-0.39, 0.29) is 23.7 Å². The Balaban J connectivity index is 1.49. The van der Waals surface area contributed by atoms with Crippen molar-refractivity contribution < 1.29 is 27.2 Å². The standard InChI is InChI=1S/C20H27N3O6S/c1-20(2,3)28-19(24)23-11-9-15(10-12-23)27-13-17-21-18(22-29-17)14-5-7-16(8-6-14)30(4,25)26/h5-8,15H,9-13H2,1-4H3. The second-order valence-corrected chi connectivity index (χ2v) is 10.3. The number of ether oxygens (including phenoxy) is 2. The molecule has 1 aromatic heterocycles. The maximum Gasteiger partial charge on any atom is 0.410 e. The predicted molar refractivity (Wildman–Crippen MR) is 108 cm³/mol. The summed E-state index contributed by atoms with van der Waals surface area (Å²) in [6, 6.07) is 6.29. The molecule has 0 atom stereocenters. The fraction of sp³-hybridized carbons (Fsp3) is 0.550. The van der Waals surface area contributed by atoms with Gasteiger partial charge in [-0.05, 0) is 57.9 Å². The molecule has 2 heterocycles. The van der Waals surface area contributed by atoms with Gasteiger partial charge < -0.3 is 18.9 Å². The average molecular weight is 438 g/mol. The van der Waals surface area contributed by atoms with Gasteiger partial charge in [0, 0.05) is 24.9 Å². The quantitative estimate of drug-likeness (QED) is 0.702. The van der Waals surface area contributed by atoms with Gasteiger partial charge >= 0.3 is 6.09 Å². The summed E-state index contributed by atoms with van der Waals surface area (Å²) < 4.78 is 39.6. The molecule has 0 aliphatic carbocycles. The molecule has 0 spiro atoms. The lowest BCUT2D eigenvalue weighted by atomic mass is 10.1. The molecule has 0 unspecified atom stereocenters. The minimum absolute atomic E-state index is 0.00641. The summed E-state index contributed by atoms with van der Waals surface area (Å²) in [7, 11) is -3.25. The molecule has 164 valence electrons. The lowest BCUT2D eigenvalue weighted by Crippen LogP contribution is -2.43. The number of carbonyl (C=O) groups is 1. The number of aromatic nitrogens is 2. The van der Waals surface area contributed by atoms with Crippen LogP contribution in [0.1, 0.15) is 39.5 Å². The summed E-state index contributed by atoms with van der Waals surface area (Å²) in [5, 5.41) is 3.93. The Morgan fingerprint density at radius 2 is 1.83 bits per heavy atom. The van der Waals surface area contributed by atoms with Gasteiger partial charge in [-0.25, -0.2) is 13.2 Å². The van der Waals surface area contributed by atoms with Gasteiger partial charge in [0.05, 0.1) is 11.0 Å². The van der Waals surface area contributed by atoms with E-state index in [9.17, 15) is 13.2 Å². The SMILES string of the molecule is CC(C)(C)OC(=O)N1CCC(OCc2nc(-c3ccc(S(C)(=O)=O)cc3)no2)CC1. The molecular formula is C20H27N3O6S.